The molecule has 8 nitrogen and oxygen atoms in total. The van der Waals surface area contributed by atoms with E-state index >= 15 is 0 Å². The smallest absolute Gasteiger partial charge is 0.416 e. The molecule has 11 heteroatoms. The number of hydrogen-bond donors (Lipinski definition) is 2. The van der Waals surface area contributed by atoms with Gasteiger partial charge in [0, 0.05) is 23.4 Å². The first-order chi connectivity index (χ1) is 16.3. The number of aliphatic hydroxyl groups is 2. The van der Waals surface area contributed by atoms with Gasteiger partial charge >= 0.3 is 6.18 Å². The molecule has 2 aromatic heterocycles. The van der Waals surface area contributed by atoms with Gasteiger partial charge in [-0.3, -0.25) is 9.69 Å². The molecule has 1 aliphatic rings. The quantitative estimate of drug-likeness (QED) is 0.565. The van der Waals surface area contributed by atoms with E-state index in [4.69, 9.17) is 14.6 Å². The monoisotopic (exact) mass is 475 g/mol. The number of hydrogen-bond acceptors (Lipinski definition) is 7. The highest BCUT2D eigenvalue weighted by Gasteiger charge is 2.31. The van der Waals surface area contributed by atoms with Crippen LogP contribution in [0.2, 0.25) is 0 Å². The number of benzene rings is 1. The summed E-state index contributed by atoms with van der Waals surface area (Å²) >= 11 is 0. The van der Waals surface area contributed by atoms with Gasteiger partial charge in [-0.2, -0.15) is 13.2 Å². The van der Waals surface area contributed by atoms with Crippen LogP contribution in [0, 0.1) is 0 Å². The number of aromatic nitrogens is 2. The molecule has 0 bridgehead atoms. The Bertz CT molecular complexity index is 1190. The molecule has 0 radical (unpaired) electrons. The maximum absolute atomic E-state index is 13.3. The number of aliphatic hydroxyl groups excluding tert-OH is 2. The number of fused-ring (bicyclic) bond motifs is 1. The van der Waals surface area contributed by atoms with E-state index < -0.39 is 30.4 Å². The van der Waals surface area contributed by atoms with Gasteiger partial charge in [0.1, 0.15) is 19.3 Å². The Balaban J connectivity index is 1.63. The lowest BCUT2D eigenvalue weighted by Crippen LogP contribution is -2.38. The molecular weight excluding hydrogens is 455 g/mol. The average molecular weight is 475 g/mol. The zero-order chi connectivity index (χ0) is 24.3. The van der Waals surface area contributed by atoms with Crippen molar-refractivity contribution in [2.45, 2.75) is 12.3 Å². The number of carbonyl (C=O) groups is 1. The molecule has 1 aliphatic heterocycles. The first-order valence-electron chi connectivity index (χ1n) is 10.3. The van der Waals surface area contributed by atoms with Crippen molar-refractivity contribution in [3.05, 3.63) is 65.9 Å². The molecule has 34 heavy (non-hydrogen) atoms. The van der Waals surface area contributed by atoms with Gasteiger partial charge in [-0.05, 0) is 30.3 Å². The van der Waals surface area contributed by atoms with Gasteiger partial charge in [0.25, 0.3) is 5.91 Å². The van der Waals surface area contributed by atoms with Crippen LogP contribution >= 0.6 is 0 Å². The number of rotatable bonds is 6. The van der Waals surface area contributed by atoms with E-state index in [0.29, 0.717) is 5.75 Å². The molecule has 3 heterocycles. The largest absolute Gasteiger partial charge is 0.488 e. The summed E-state index contributed by atoms with van der Waals surface area (Å²) in [6.45, 7) is -0.306. The predicted octanol–water partition coefficient (Wildman–Crippen LogP) is 2.93. The highest BCUT2D eigenvalue weighted by molar-refractivity contribution is 6.06. The molecule has 0 aliphatic carbocycles. The van der Waals surface area contributed by atoms with Gasteiger partial charge < -0.3 is 19.7 Å². The van der Waals surface area contributed by atoms with Gasteiger partial charge in [0.15, 0.2) is 11.6 Å². The van der Waals surface area contributed by atoms with Crippen LogP contribution in [0.25, 0.3) is 11.3 Å². The van der Waals surface area contributed by atoms with Crippen molar-refractivity contribution in [2.75, 3.05) is 31.3 Å². The lowest BCUT2D eigenvalue weighted by molar-refractivity contribution is -0.137. The highest BCUT2D eigenvalue weighted by Crippen LogP contribution is 2.35. The standard InChI is InChI=1S/C23H20F3N3O5/c24-23(25,26)16-3-1-2-14(10-16)18-4-5-19-21(28-18)29(8-9-33-19)22(32)15-6-7-27-20(11-15)34-13-17(31)12-30/h1-7,10-11,17,30-31H,8-9,12-13H2. The molecule has 0 saturated heterocycles. The van der Waals surface area contributed by atoms with Crippen LogP contribution < -0.4 is 14.4 Å². The topological polar surface area (TPSA) is 105 Å². The Labute approximate surface area is 192 Å². The Morgan fingerprint density at radius 2 is 2.03 bits per heavy atom. The highest BCUT2D eigenvalue weighted by atomic mass is 19.4. The minimum Gasteiger partial charge on any atom is -0.488 e. The molecule has 3 aromatic rings. The first-order valence-corrected chi connectivity index (χ1v) is 10.3. The zero-order valence-electron chi connectivity index (χ0n) is 17.7. The Morgan fingerprint density at radius 1 is 1.21 bits per heavy atom. The summed E-state index contributed by atoms with van der Waals surface area (Å²) in [5.74, 6) is 0.152. The number of ether oxygens (including phenoxy) is 2. The Morgan fingerprint density at radius 3 is 2.79 bits per heavy atom. The van der Waals surface area contributed by atoms with Crippen molar-refractivity contribution >= 4 is 11.7 Å². The van der Waals surface area contributed by atoms with E-state index in [-0.39, 0.29) is 48.3 Å². The Hall–Kier alpha value is -3.70. The zero-order valence-corrected chi connectivity index (χ0v) is 17.7. The third-order valence-corrected chi connectivity index (χ3v) is 5.01. The second-order valence-electron chi connectivity index (χ2n) is 7.43. The second kappa shape index (κ2) is 9.65. The molecule has 1 aromatic carbocycles. The first kappa shape index (κ1) is 23.5. The predicted molar refractivity (Wildman–Crippen MR) is 115 cm³/mol. The fourth-order valence-electron chi connectivity index (χ4n) is 3.32. The SMILES string of the molecule is O=C(c1ccnc(OCC(O)CO)c1)N1CCOc2ccc(-c3cccc(C(F)(F)F)c3)nc21. The van der Waals surface area contributed by atoms with E-state index in [9.17, 15) is 23.1 Å². The van der Waals surface area contributed by atoms with Gasteiger partial charge in [-0.25, -0.2) is 9.97 Å². The van der Waals surface area contributed by atoms with Gasteiger partial charge in [0.2, 0.25) is 5.88 Å². The minimum absolute atomic E-state index is 0.0810. The summed E-state index contributed by atoms with van der Waals surface area (Å²) in [7, 11) is 0. The average Bonchev–Trinajstić information content (AvgIpc) is 2.86. The van der Waals surface area contributed by atoms with E-state index in [2.05, 4.69) is 9.97 Å². The molecule has 4 rings (SSSR count). The van der Waals surface area contributed by atoms with E-state index in [1.807, 2.05) is 0 Å². The fourth-order valence-corrected chi connectivity index (χ4v) is 3.32. The fraction of sp³-hybridized carbons (Fsp3) is 0.261. The third kappa shape index (κ3) is 5.10. The van der Waals surface area contributed by atoms with Gasteiger partial charge in [0.05, 0.1) is 24.4 Å². The summed E-state index contributed by atoms with van der Waals surface area (Å²) in [4.78, 5) is 23.0. The van der Waals surface area contributed by atoms with Crippen molar-refractivity contribution in [3.8, 4) is 22.9 Å². The van der Waals surface area contributed by atoms with Gasteiger partial charge in [-0.15, -0.1) is 0 Å². The van der Waals surface area contributed by atoms with Crippen molar-refractivity contribution in [1.82, 2.24) is 9.97 Å². The summed E-state index contributed by atoms with van der Waals surface area (Å²) < 4.78 is 50.3. The van der Waals surface area contributed by atoms with E-state index in [1.165, 1.54) is 41.4 Å². The third-order valence-electron chi connectivity index (χ3n) is 5.01. The number of anilines is 1. The number of halogens is 3. The van der Waals surface area contributed by atoms with Crippen LogP contribution in [0.4, 0.5) is 19.0 Å². The molecule has 178 valence electrons. The van der Waals surface area contributed by atoms with Crippen molar-refractivity contribution in [1.29, 1.82) is 0 Å². The molecule has 1 unspecified atom stereocenters. The summed E-state index contributed by atoms with van der Waals surface area (Å²) in [6.07, 6.45) is -4.23. The van der Waals surface area contributed by atoms with Crippen molar-refractivity contribution in [3.63, 3.8) is 0 Å². The maximum Gasteiger partial charge on any atom is 0.416 e. The van der Waals surface area contributed by atoms with E-state index in [1.54, 1.807) is 6.07 Å². The summed E-state index contributed by atoms with van der Waals surface area (Å²) in [5.41, 5.74) is -0.0746. The van der Waals surface area contributed by atoms with Crippen molar-refractivity contribution in [2.24, 2.45) is 0 Å². The van der Waals surface area contributed by atoms with E-state index in [0.717, 1.165) is 12.1 Å². The van der Waals surface area contributed by atoms with Crippen LogP contribution in [0.1, 0.15) is 15.9 Å². The van der Waals surface area contributed by atoms with Crippen LogP contribution in [-0.2, 0) is 6.18 Å². The molecule has 1 amide bonds. The minimum atomic E-state index is -4.50. The van der Waals surface area contributed by atoms with Gasteiger partial charge in [-0.1, -0.05) is 12.1 Å². The molecule has 0 spiro atoms. The molecule has 0 saturated carbocycles. The number of nitrogens with zero attached hydrogens (tertiary/aromatic N) is 3. The number of pyridine rings is 2. The summed E-state index contributed by atoms with van der Waals surface area (Å²) in [5, 5.41) is 18.3. The Kier molecular flexibility index (Phi) is 6.66. The molecule has 0 fully saturated rings. The van der Waals surface area contributed by atoms with Crippen LogP contribution in [0.15, 0.2) is 54.7 Å². The molecule has 2 N–H and O–H groups in total. The normalized spacial score (nSPS) is 14.2. The number of carbonyl (C=O) groups excluding carboxylic acids is 1. The molecular formula is C23H20F3N3O5. The lowest BCUT2D eigenvalue weighted by Gasteiger charge is -2.29. The second-order valence-corrected chi connectivity index (χ2v) is 7.43. The summed E-state index contributed by atoms with van der Waals surface area (Å²) in [6, 6.07) is 10.7. The van der Waals surface area contributed by atoms with Crippen molar-refractivity contribution < 1.29 is 37.7 Å². The lowest BCUT2D eigenvalue weighted by atomic mass is 10.1. The molecule has 1 atom stereocenters. The number of amides is 1. The van der Waals surface area contributed by atoms with Crippen LogP contribution in [-0.4, -0.2) is 58.6 Å². The van der Waals surface area contributed by atoms with Crippen LogP contribution in [0.3, 0.4) is 0 Å². The number of alkyl halides is 3. The maximum atomic E-state index is 13.3. The van der Waals surface area contributed by atoms with Crippen LogP contribution in [0.5, 0.6) is 11.6 Å².